The van der Waals surface area contributed by atoms with E-state index in [2.05, 4.69) is 15.6 Å². The lowest BCUT2D eigenvalue weighted by Gasteiger charge is -2.53. The fourth-order valence-corrected chi connectivity index (χ4v) is 5.03. The number of phenols is 1. The Morgan fingerprint density at radius 1 is 1.08 bits per heavy atom. The molecule has 5 N–H and O–H groups in total. The number of phenolic OH excluding ortho intramolecular Hbond substituents is 1. The molecular weight excluding hydrogens is 517 g/mol. The third-order valence-electron chi connectivity index (χ3n) is 8.48. The number of hydrogen-bond acceptors (Lipinski definition) is 6. The molecule has 2 aromatic carbocycles. The van der Waals surface area contributed by atoms with Gasteiger partial charge in [0.2, 0.25) is 0 Å². The summed E-state index contributed by atoms with van der Waals surface area (Å²) in [6.07, 6.45) is -5.67. The molecule has 0 saturated carbocycles. The lowest BCUT2D eigenvalue weighted by molar-refractivity contribution is -0.137. The summed E-state index contributed by atoms with van der Waals surface area (Å²) in [6, 6.07) is 5.88. The number of amides is 1. The number of alkyl halides is 3. The molecule has 12 heteroatoms. The quantitative estimate of drug-likeness (QED) is 0.299. The van der Waals surface area contributed by atoms with Gasteiger partial charge in [-0.15, -0.1) is 0 Å². The molecule has 1 aliphatic rings. The molecule has 212 valence electrons. The Labute approximate surface area is 223 Å². The number of carbonyl (C=O) groups excluding carboxylic acids is 1. The number of aromatic hydroxyl groups is 1. The van der Waals surface area contributed by atoms with Crippen LogP contribution in [0.5, 0.6) is 11.5 Å². The number of carbonyl (C=O) groups is 1. The fourth-order valence-electron chi connectivity index (χ4n) is 5.03. The standard InChI is InChI=1S/C27H33F3N4O5/c1-24(2,26(5,6)34-19-8-7-14(27(28,29)30)9-17(19)33-23(34)38)25(3,4)31-12-20(36)16-10-15(35)11-18-22(16)39-13-21(37)32-18/h7-11,20,31,35-36H,12-13H2,1-6H3,(H,32,37)(H,33,38). The van der Waals surface area contributed by atoms with Crippen LogP contribution in [0.2, 0.25) is 0 Å². The SMILES string of the molecule is CC(C)(NCC(O)c1cc(O)cc2c1OCC(=O)N2)C(C)(C)C(C)(C)n1c(=O)[nH]c2cc(C(F)(F)F)ccc21. The molecule has 9 nitrogen and oxygen atoms in total. The number of aromatic nitrogens is 2. The van der Waals surface area contributed by atoms with Crippen LogP contribution in [0.25, 0.3) is 11.0 Å². The number of nitrogens with zero attached hydrogens (tertiary/aromatic N) is 1. The van der Waals surface area contributed by atoms with Gasteiger partial charge in [-0.25, -0.2) is 4.79 Å². The highest BCUT2D eigenvalue weighted by Crippen LogP contribution is 2.46. The van der Waals surface area contributed by atoms with Crippen molar-refractivity contribution in [1.29, 1.82) is 0 Å². The lowest BCUT2D eigenvalue weighted by atomic mass is 9.62. The van der Waals surface area contributed by atoms with Gasteiger partial charge in [-0.3, -0.25) is 9.36 Å². The van der Waals surface area contributed by atoms with Gasteiger partial charge in [-0.2, -0.15) is 13.2 Å². The number of halogens is 3. The van der Waals surface area contributed by atoms with Crippen molar-refractivity contribution in [3.8, 4) is 11.5 Å². The van der Waals surface area contributed by atoms with Gasteiger partial charge >= 0.3 is 11.9 Å². The minimum Gasteiger partial charge on any atom is -0.508 e. The van der Waals surface area contributed by atoms with E-state index in [1.54, 1.807) is 0 Å². The fraction of sp³-hybridized carbons (Fsp3) is 0.481. The van der Waals surface area contributed by atoms with Crippen molar-refractivity contribution >= 4 is 22.6 Å². The third-order valence-corrected chi connectivity index (χ3v) is 8.48. The average molecular weight is 551 g/mol. The smallest absolute Gasteiger partial charge is 0.416 e. The lowest BCUT2D eigenvalue weighted by Crippen LogP contribution is -2.62. The number of aliphatic hydroxyl groups excluding tert-OH is 1. The molecule has 0 radical (unpaired) electrons. The number of aromatic amines is 1. The first-order chi connectivity index (χ1) is 17.9. The number of H-pyrrole nitrogens is 1. The van der Waals surface area contributed by atoms with Crippen molar-refractivity contribution in [2.75, 3.05) is 18.5 Å². The van der Waals surface area contributed by atoms with E-state index in [1.807, 2.05) is 41.5 Å². The van der Waals surface area contributed by atoms with Gasteiger partial charge in [-0.1, -0.05) is 13.8 Å². The van der Waals surface area contributed by atoms with Crippen LogP contribution in [0, 0.1) is 5.41 Å². The van der Waals surface area contributed by atoms with Crippen LogP contribution in [0.3, 0.4) is 0 Å². The first kappa shape index (κ1) is 28.5. The molecule has 0 saturated heterocycles. The molecule has 0 aliphatic carbocycles. The Bertz CT molecular complexity index is 1490. The molecule has 4 rings (SSSR count). The number of ether oxygens (including phenoxy) is 1. The minimum atomic E-state index is -4.54. The second-order valence-corrected chi connectivity index (χ2v) is 11.4. The zero-order chi connectivity index (χ0) is 29.1. The van der Waals surface area contributed by atoms with Gasteiger partial charge in [0, 0.05) is 29.1 Å². The Morgan fingerprint density at radius 3 is 2.38 bits per heavy atom. The Kier molecular flexibility index (Phi) is 6.80. The maximum absolute atomic E-state index is 13.2. The number of aliphatic hydroxyl groups is 1. The van der Waals surface area contributed by atoms with E-state index in [0.717, 1.165) is 12.1 Å². The number of imidazole rings is 1. The number of rotatable bonds is 7. The Morgan fingerprint density at radius 2 is 1.74 bits per heavy atom. The molecule has 1 aliphatic heterocycles. The highest BCUT2D eigenvalue weighted by molar-refractivity contribution is 5.96. The van der Waals surface area contributed by atoms with Gasteiger partial charge < -0.3 is 30.6 Å². The molecule has 0 spiro atoms. The monoisotopic (exact) mass is 550 g/mol. The maximum atomic E-state index is 13.2. The van der Waals surface area contributed by atoms with Crippen molar-refractivity contribution < 1.29 is 32.9 Å². The van der Waals surface area contributed by atoms with Crippen LogP contribution >= 0.6 is 0 Å². The predicted molar refractivity (Wildman–Crippen MR) is 140 cm³/mol. The maximum Gasteiger partial charge on any atom is 0.416 e. The normalized spacial score (nSPS) is 15.6. The second-order valence-electron chi connectivity index (χ2n) is 11.4. The number of β-amino-alcohol motifs (C(OH)–C–C–N with tert-alkyl or cyclic N) is 1. The number of nitrogens with one attached hydrogen (secondary N) is 3. The molecular formula is C27H33F3N4O5. The van der Waals surface area contributed by atoms with Crippen LogP contribution < -0.4 is 21.1 Å². The van der Waals surface area contributed by atoms with Gasteiger partial charge in [-0.05, 0) is 52.0 Å². The zero-order valence-corrected chi connectivity index (χ0v) is 22.6. The second kappa shape index (κ2) is 9.30. The van der Waals surface area contributed by atoms with E-state index in [4.69, 9.17) is 4.74 Å². The number of anilines is 1. The summed E-state index contributed by atoms with van der Waals surface area (Å²) in [6.45, 7) is 11.1. The molecule has 39 heavy (non-hydrogen) atoms. The topological polar surface area (TPSA) is 129 Å². The number of benzene rings is 2. The van der Waals surface area contributed by atoms with E-state index in [0.29, 0.717) is 11.1 Å². The molecule has 3 aromatic rings. The number of fused-ring (bicyclic) bond motifs is 2. The highest BCUT2D eigenvalue weighted by atomic mass is 19.4. The van der Waals surface area contributed by atoms with Gasteiger partial charge in [0.1, 0.15) is 11.5 Å². The first-order valence-corrected chi connectivity index (χ1v) is 12.4. The molecule has 1 amide bonds. The van der Waals surface area contributed by atoms with Crippen molar-refractivity contribution in [1.82, 2.24) is 14.9 Å². The summed E-state index contributed by atoms with van der Waals surface area (Å²) in [5.74, 6) is -0.261. The van der Waals surface area contributed by atoms with E-state index in [1.165, 1.54) is 22.8 Å². The van der Waals surface area contributed by atoms with Gasteiger partial charge in [0.15, 0.2) is 6.61 Å². The average Bonchev–Trinajstić information content (AvgIpc) is 3.16. The molecule has 0 bridgehead atoms. The van der Waals surface area contributed by atoms with Crippen LogP contribution in [-0.2, 0) is 16.5 Å². The van der Waals surface area contributed by atoms with Crippen LogP contribution in [0.1, 0.15) is 58.8 Å². The van der Waals surface area contributed by atoms with Crippen molar-refractivity contribution in [3.05, 3.63) is 51.9 Å². The Hall–Kier alpha value is -3.51. The summed E-state index contributed by atoms with van der Waals surface area (Å²) in [5, 5.41) is 27.1. The summed E-state index contributed by atoms with van der Waals surface area (Å²) in [7, 11) is 0. The summed E-state index contributed by atoms with van der Waals surface area (Å²) in [5.41, 5.74) is -2.83. The Balaban J connectivity index is 1.63. The van der Waals surface area contributed by atoms with Crippen molar-refractivity contribution in [3.63, 3.8) is 0 Å². The van der Waals surface area contributed by atoms with E-state index in [-0.39, 0.29) is 41.8 Å². The first-order valence-electron chi connectivity index (χ1n) is 12.4. The third kappa shape index (κ3) is 4.87. The van der Waals surface area contributed by atoms with Crippen molar-refractivity contribution in [2.24, 2.45) is 5.41 Å². The van der Waals surface area contributed by atoms with Gasteiger partial charge in [0.25, 0.3) is 5.91 Å². The molecule has 0 fully saturated rings. The van der Waals surface area contributed by atoms with Crippen LogP contribution in [0.15, 0.2) is 35.1 Å². The van der Waals surface area contributed by atoms with E-state index >= 15 is 0 Å². The molecule has 2 heterocycles. The van der Waals surface area contributed by atoms with Crippen LogP contribution in [-0.4, -0.2) is 44.4 Å². The summed E-state index contributed by atoms with van der Waals surface area (Å²) < 4.78 is 46.7. The van der Waals surface area contributed by atoms with Crippen LogP contribution in [0.4, 0.5) is 18.9 Å². The molecule has 1 aromatic heterocycles. The highest BCUT2D eigenvalue weighted by Gasteiger charge is 2.50. The number of hydrogen-bond donors (Lipinski definition) is 5. The molecule has 1 atom stereocenters. The summed E-state index contributed by atoms with van der Waals surface area (Å²) >= 11 is 0. The predicted octanol–water partition coefficient (Wildman–Crippen LogP) is 4.25. The summed E-state index contributed by atoms with van der Waals surface area (Å²) in [4.78, 5) is 27.3. The van der Waals surface area contributed by atoms with E-state index in [9.17, 15) is 33.0 Å². The largest absolute Gasteiger partial charge is 0.508 e. The zero-order valence-electron chi connectivity index (χ0n) is 22.6. The van der Waals surface area contributed by atoms with E-state index < -0.39 is 40.0 Å². The van der Waals surface area contributed by atoms with Gasteiger partial charge in [0.05, 0.1) is 33.9 Å². The molecule has 1 unspecified atom stereocenters. The van der Waals surface area contributed by atoms with Crippen molar-refractivity contribution in [2.45, 2.75) is 64.9 Å². The minimum absolute atomic E-state index is 0.0252.